The van der Waals surface area contributed by atoms with Gasteiger partial charge < -0.3 is 33.8 Å². The highest BCUT2D eigenvalue weighted by molar-refractivity contribution is 7.47. The van der Waals surface area contributed by atoms with E-state index in [1.165, 1.54) is 270 Å². The SMILES string of the molecule is CCCCCCCCCCCCCCCCCCCCCCCC(=O)O[C@H](COC(=O)CCCCCCCCCCCCCCCCCCCCCC)COP(=O)(O)OC[C@@H](O)COP(=O)(O)OC[C@@H](COC(=O)CCCCCCCCCC)OC(=O)CCCCCCCCCCCCCC(C)C. The van der Waals surface area contributed by atoms with E-state index >= 15 is 0 Å². The van der Waals surface area contributed by atoms with Crippen LogP contribution in [0, 0.1) is 5.92 Å². The number of phosphoric ester groups is 2. The van der Waals surface area contributed by atoms with E-state index in [-0.39, 0.29) is 25.7 Å². The Kier molecular flexibility index (Phi) is 75.4. The predicted molar refractivity (Wildman–Crippen MR) is 423 cm³/mol. The largest absolute Gasteiger partial charge is 0.472 e. The third-order valence-corrected chi connectivity index (χ3v) is 21.7. The van der Waals surface area contributed by atoms with Crippen molar-refractivity contribution in [1.82, 2.24) is 0 Å². The molecule has 3 N–H and O–H groups in total. The zero-order chi connectivity index (χ0) is 75.5. The van der Waals surface area contributed by atoms with Gasteiger partial charge in [-0.05, 0) is 31.6 Å². The first kappa shape index (κ1) is 101. The van der Waals surface area contributed by atoms with Crippen LogP contribution in [0.15, 0.2) is 0 Å². The summed E-state index contributed by atoms with van der Waals surface area (Å²) in [5.74, 6) is -1.34. The van der Waals surface area contributed by atoms with Crippen molar-refractivity contribution in [3.63, 3.8) is 0 Å². The van der Waals surface area contributed by atoms with Crippen molar-refractivity contribution in [1.29, 1.82) is 0 Å². The maximum Gasteiger partial charge on any atom is 0.472 e. The van der Waals surface area contributed by atoms with Gasteiger partial charge in [-0.3, -0.25) is 37.3 Å². The lowest BCUT2D eigenvalue weighted by Gasteiger charge is -2.21. The van der Waals surface area contributed by atoms with Gasteiger partial charge in [0.25, 0.3) is 0 Å². The molecule has 19 heteroatoms. The van der Waals surface area contributed by atoms with E-state index in [1.807, 2.05) is 0 Å². The van der Waals surface area contributed by atoms with Crippen molar-refractivity contribution < 1.29 is 80.2 Å². The lowest BCUT2D eigenvalue weighted by atomic mass is 10.0. The lowest BCUT2D eigenvalue weighted by Crippen LogP contribution is -2.30. The third kappa shape index (κ3) is 78.0. The Balaban J connectivity index is 5.18. The van der Waals surface area contributed by atoms with Gasteiger partial charge in [-0.2, -0.15) is 0 Å². The van der Waals surface area contributed by atoms with Crippen molar-refractivity contribution in [2.45, 2.75) is 470 Å². The minimum absolute atomic E-state index is 0.107. The summed E-state index contributed by atoms with van der Waals surface area (Å²) in [6.07, 6.45) is 69.7. The second-order valence-corrected chi connectivity index (χ2v) is 33.6. The highest BCUT2D eigenvalue weighted by Gasteiger charge is 2.30. The number of unbranched alkanes of at least 4 members (excludes halogenated alkanes) is 56. The second-order valence-electron chi connectivity index (χ2n) is 30.7. The first-order valence-electron chi connectivity index (χ1n) is 43.6. The molecule has 612 valence electrons. The molecule has 0 aliphatic carbocycles. The maximum absolute atomic E-state index is 13.1. The summed E-state index contributed by atoms with van der Waals surface area (Å²) in [5.41, 5.74) is 0. The fourth-order valence-corrected chi connectivity index (χ4v) is 14.7. The number of carbonyl (C=O) groups excluding carboxylic acids is 4. The Morgan fingerprint density at radius 2 is 0.447 bits per heavy atom. The van der Waals surface area contributed by atoms with Crippen LogP contribution in [0.1, 0.15) is 452 Å². The normalized spacial score (nSPS) is 13.8. The first-order chi connectivity index (χ1) is 50.0. The first-order valence-corrected chi connectivity index (χ1v) is 46.6. The molecule has 0 bridgehead atoms. The molecule has 0 aliphatic heterocycles. The zero-order valence-electron chi connectivity index (χ0n) is 67.5. The van der Waals surface area contributed by atoms with Crippen LogP contribution in [0.3, 0.4) is 0 Å². The van der Waals surface area contributed by atoms with Gasteiger partial charge in [0.2, 0.25) is 0 Å². The molecule has 103 heavy (non-hydrogen) atoms. The molecule has 0 aromatic heterocycles. The molecular formula is C84H164O17P2. The van der Waals surface area contributed by atoms with E-state index in [4.69, 9.17) is 37.0 Å². The molecule has 17 nitrogen and oxygen atoms in total. The molecule has 0 spiro atoms. The molecule has 0 heterocycles. The monoisotopic (exact) mass is 1510 g/mol. The van der Waals surface area contributed by atoms with Gasteiger partial charge in [0.05, 0.1) is 26.4 Å². The fraction of sp³-hybridized carbons (Fsp3) is 0.952. The number of hydrogen-bond donors (Lipinski definition) is 3. The molecule has 2 unspecified atom stereocenters. The van der Waals surface area contributed by atoms with E-state index in [0.29, 0.717) is 25.7 Å². The predicted octanol–water partition coefficient (Wildman–Crippen LogP) is 25.6. The minimum atomic E-state index is -4.96. The summed E-state index contributed by atoms with van der Waals surface area (Å²) in [7, 11) is -9.92. The molecule has 0 aromatic rings. The van der Waals surface area contributed by atoms with Crippen LogP contribution in [0.2, 0.25) is 0 Å². The minimum Gasteiger partial charge on any atom is -0.462 e. The Morgan fingerprint density at radius 1 is 0.262 bits per heavy atom. The Morgan fingerprint density at radius 3 is 0.660 bits per heavy atom. The Labute approximate surface area is 632 Å². The van der Waals surface area contributed by atoms with Crippen LogP contribution in [-0.2, 0) is 65.4 Å². The summed E-state index contributed by atoms with van der Waals surface area (Å²) in [5, 5.41) is 10.6. The average Bonchev–Trinajstić information content (AvgIpc) is 0.985. The fourth-order valence-electron chi connectivity index (χ4n) is 13.1. The van der Waals surface area contributed by atoms with Crippen LogP contribution in [0.25, 0.3) is 0 Å². The molecule has 0 radical (unpaired) electrons. The second kappa shape index (κ2) is 76.8. The van der Waals surface area contributed by atoms with Crippen LogP contribution in [0.4, 0.5) is 0 Å². The van der Waals surface area contributed by atoms with E-state index in [2.05, 4.69) is 34.6 Å². The van der Waals surface area contributed by atoms with Gasteiger partial charge in [-0.15, -0.1) is 0 Å². The molecule has 0 aromatic carbocycles. The summed E-state index contributed by atoms with van der Waals surface area (Å²) >= 11 is 0. The van der Waals surface area contributed by atoms with Crippen molar-refractivity contribution in [2.75, 3.05) is 39.6 Å². The van der Waals surface area contributed by atoms with E-state index in [9.17, 15) is 43.2 Å². The lowest BCUT2D eigenvalue weighted by molar-refractivity contribution is -0.161. The topological polar surface area (TPSA) is 237 Å². The van der Waals surface area contributed by atoms with Crippen LogP contribution in [0.5, 0.6) is 0 Å². The molecule has 0 amide bonds. The number of carbonyl (C=O) groups is 4. The molecule has 5 atom stereocenters. The van der Waals surface area contributed by atoms with Gasteiger partial charge in [0.1, 0.15) is 19.3 Å². The number of esters is 4. The molecule has 0 fully saturated rings. The number of ether oxygens (including phenoxy) is 4. The number of aliphatic hydroxyl groups is 1. The van der Waals surface area contributed by atoms with Crippen molar-refractivity contribution >= 4 is 39.5 Å². The molecule has 0 saturated carbocycles. The van der Waals surface area contributed by atoms with Gasteiger partial charge in [-0.1, -0.05) is 401 Å². The Hall–Kier alpha value is -1.94. The van der Waals surface area contributed by atoms with Crippen LogP contribution in [-0.4, -0.2) is 96.7 Å². The van der Waals surface area contributed by atoms with Crippen molar-refractivity contribution in [2.24, 2.45) is 5.92 Å². The highest BCUT2D eigenvalue weighted by Crippen LogP contribution is 2.45. The Bertz CT molecular complexity index is 1960. The molecule has 0 aliphatic rings. The smallest absolute Gasteiger partial charge is 0.462 e. The number of aliphatic hydroxyl groups excluding tert-OH is 1. The van der Waals surface area contributed by atoms with Gasteiger partial charge in [0.15, 0.2) is 12.2 Å². The molecule has 0 rings (SSSR count). The quantitative estimate of drug-likeness (QED) is 0.0222. The standard InChI is InChI=1S/C84H164O17P2/c1-6-9-12-15-18-21-23-25-27-29-31-33-35-37-39-41-45-49-54-59-64-69-83(88)101-80(74-95-82(87)68-63-58-53-48-44-40-38-36-34-32-30-28-26-24-22-19-16-13-10-7-2)76-99-103(92,93)97-72-78(85)71-96-102(90,91)98-75-79(73-94-81(86)67-62-57-52-20-17-14-11-8-3)100-84(89)70-65-60-55-50-46-42-43-47-51-56-61-66-77(4)5/h77-80,85H,6-76H2,1-5H3,(H,90,91)(H,92,93)/t78-,79+,80+/m0/s1. The highest BCUT2D eigenvalue weighted by atomic mass is 31.2. The summed E-state index contributed by atoms with van der Waals surface area (Å²) < 4.78 is 68.7. The van der Waals surface area contributed by atoms with Gasteiger partial charge in [0, 0.05) is 25.7 Å². The molecular weight excluding hydrogens is 1340 g/mol. The zero-order valence-corrected chi connectivity index (χ0v) is 69.3. The maximum atomic E-state index is 13.1. The summed E-state index contributed by atoms with van der Waals surface area (Å²) in [6, 6.07) is 0. The summed E-state index contributed by atoms with van der Waals surface area (Å²) in [6.45, 7) is 7.32. The average molecular weight is 1510 g/mol. The summed E-state index contributed by atoms with van der Waals surface area (Å²) in [4.78, 5) is 73.0. The number of rotatable bonds is 84. The van der Waals surface area contributed by atoms with Gasteiger partial charge in [-0.25, -0.2) is 9.13 Å². The molecule has 0 saturated heterocycles. The van der Waals surface area contributed by atoms with Crippen molar-refractivity contribution in [3.05, 3.63) is 0 Å². The van der Waals surface area contributed by atoms with E-state index < -0.39 is 97.5 Å². The van der Waals surface area contributed by atoms with E-state index in [1.54, 1.807) is 0 Å². The van der Waals surface area contributed by atoms with E-state index in [0.717, 1.165) is 102 Å². The van der Waals surface area contributed by atoms with Crippen molar-refractivity contribution in [3.8, 4) is 0 Å². The number of hydrogen-bond acceptors (Lipinski definition) is 15. The van der Waals surface area contributed by atoms with Crippen LogP contribution >= 0.6 is 15.6 Å². The van der Waals surface area contributed by atoms with Gasteiger partial charge >= 0.3 is 39.5 Å². The third-order valence-electron chi connectivity index (χ3n) is 19.8. The van der Waals surface area contributed by atoms with Crippen LogP contribution < -0.4 is 0 Å². The number of phosphoric acid groups is 2.